The molecule has 3 rings (SSSR count). The van der Waals surface area contributed by atoms with Gasteiger partial charge in [-0.15, -0.1) is 0 Å². The van der Waals surface area contributed by atoms with Crippen molar-refractivity contribution in [3.63, 3.8) is 0 Å². The Kier molecular flexibility index (Phi) is 8.12. The summed E-state index contributed by atoms with van der Waals surface area (Å²) in [5.41, 5.74) is 0.264. The number of hydrogen-bond donors (Lipinski definition) is 3. The molecule has 0 spiro atoms. The van der Waals surface area contributed by atoms with Crippen LogP contribution in [-0.2, 0) is 14.3 Å². The number of ether oxygens (including phenoxy) is 2. The van der Waals surface area contributed by atoms with Gasteiger partial charge in [0.1, 0.15) is 29.2 Å². The summed E-state index contributed by atoms with van der Waals surface area (Å²) in [7, 11) is 1.55. The van der Waals surface area contributed by atoms with Gasteiger partial charge in [0, 0.05) is 11.7 Å². The zero-order valence-corrected chi connectivity index (χ0v) is 21.6. The number of carbonyl (C=O) groups is 3. The number of methoxy groups -OCH3 is 1. The van der Waals surface area contributed by atoms with Crippen LogP contribution >= 0.6 is 0 Å². The second-order valence-corrected chi connectivity index (χ2v) is 10.1. The highest BCUT2D eigenvalue weighted by molar-refractivity contribution is 5.99. The molecule has 0 aromatic heterocycles. The first-order valence-corrected chi connectivity index (χ1v) is 11.9. The molecule has 0 radical (unpaired) electrons. The molecule has 1 aliphatic carbocycles. The van der Waals surface area contributed by atoms with E-state index in [-0.39, 0.29) is 17.7 Å². The Morgan fingerprint density at radius 1 is 1.11 bits per heavy atom. The molecule has 1 aliphatic rings. The van der Waals surface area contributed by atoms with Gasteiger partial charge in [-0.1, -0.05) is 19.1 Å². The highest BCUT2D eigenvalue weighted by Crippen LogP contribution is 2.41. The highest BCUT2D eigenvalue weighted by Gasteiger charge is 2.47. The first-order valence-electron chi connectivity index (χ1n) is 11.9. The Hall–Kier alpha value is -3.75. The number of rotatable bonds is 8. The van der Waals surface area contributed by atoms with E-state index in [4.69, 9.17) is 9.47 Å². The number of carbonyl (C=O) groups excluding carboxylic acids is 3. The summed E-state index contributed by atoms with van der Waals surface area (Å²) in [6, 6.07) is 11.0. The lowest BCUT2D eigenvalue weighted by Crippen LogP contribution is -2.52. The average Bonchev–Trinajstić information content (AvgIpc) is 3.51. The summed E-state index contributed by atoms with van der Waals surface area (Å²) in [4.78, 5) is 41.2. The van der Waals surface area contributed by atoms with Gasteiger partial charge in [0.05, 0.1) is 7.11 Å². The van der Waals surface area contributed by atoms with Crippen LogP contribution in [0.1, 0.15) is 52.6 Å². The normalized spacial score (nSPS) is 18.4. The summed E-state index contributed by atoms with van der Waals surface area (Å²) in [5.74, 6) is -0.0681. The molecule has 0 saturated heterocycles. The third-order valence-corrected chi connectivity index (χ3v) is 5.85. The first-order chi connectivity index (χ1) is 16.9. The van der Waals surface area contributed by atoms with Crippen LogP contribution in [0, 0.1) is 5.92 Å². The lowest BCUT2D eigenvalue weighted by atomic mass is 10.0. The van der Waals surface area contributed by atoms with Crippen LogP contribution in [0.15, 0.2) is 48.5 Å². The standard InChI is InChI=1S/C27H35N3O6/c1-16-14-22(16)30(25(33)17(2)28-26(34)36-27(3,4)5)23(18-8-7-9-20(31)15-18)24(32)29-19-10-12-21(35-6)13-11-19/h7-13,15-17,22-23,31H,14H2,1-6H3,(H,28,34)(H,29,32). The van der Waals surface area contributed by atoms with E-state index in [9.17, 15) is 19.5 Å². The van der Waals surface area contributed by atoms with Crippen LogP contribution in [-0.4, -0.2) is 52.7 Å². The topological polar surface area (TPSA) is 117 Å². The third-order valence-electron chi connectivity index (χ3n) is 5.85. The van der Waals surface area contributed by atoms with Gasteiger partial charge in [-0.3, -0.25) is 9.59 Å². The van der Waals surface area contributed by atoms with Crippen LogP contribution in [0.4, 0.5) is 10.5 Å². The number of nitrogens with one attached hydrogen (secondary N) is 2. The summed E-state index contributed by atoms with van der Waals surface area (Å²) in [6.45, 7) is 8.76. The third kappa shape index (κ3) is 6.90. The van der Waals surface area contributed by atoms with E-state index in [1.807, 2.05) is 6.92 Å². The van der Waals surface area contributed by atoms with Crippen LogP contribution in [0.2, 0.25) is 0 Å². The van der Waals surface area contributed by atoms with Crippen molar-refractivity contribution in [2.45, 2.75) is 64.8 Å². The van der Waals surface area contributed by atoms with Crippen molar-refractivity contribution < 1.29 is 29.0 Å². The van der Waals surface area contributed by atoms with Crippen molar-refractivity contribution in [3.05, 3.63) is 54.1 Å². The predicted molar refractivity (Wildman–Crippen MR) is 136 cm³/mol. The maximum atomic E-state index is 13.7. The zero-order valence-electron chi connectivity index (χ0n) is 21.6. The maximum absolute atomic E-state index is 13.7. The molecular formula is C27H35N3O6. The predicted octanol–water partition coefficient (Wildman–Crippen LogP) is 4.23. The van der Waals surface area contributed by atoms with E-state index in [1.165, 1.54) is 17.0 Å². The largest absolute Gasteiger partial charge is 0.508 e. The Morgan fingerprint density at radius 2 is 1.75 bits per heavy atom. The maximum Gasteiger partial charge on any atom is 0.408 e. The first kappa shape index (κ1) is 26.8. The molecule has 0 bridgehead atoms. The van der Waals surface area contributed by atoms with Gasteiger partial charge in [0.15, 0.2) is 0 Å². The molecule has 36 heavy (non-hydrogen) atoms. The van der Waals surface area contributed by atoms with Gasteiger partial charge >= 0.3 is 6.09 Å². The SMILES string of the molecule is COc1ccc(NC(=O)C(c2cccc(O)c2)N(C(=O)C(C)NC(=O)OC(C)(C)C)C2CC2C)cc1. The molecule has 2 aromatic carbocycles. The van der Waals surface area contributed by atoms with Gasteiger partial charge < -0.3 is 30.1 Å². The molecule has 4 unspecified atom stereocenters. The van der Waals surface area contributed by atoms with Crippen LogP contribution in [0.5, 0.6) is 11.5 Å². The quantitative estimate of drug-likeness (QED) is 0.502. The van der Waals surface area contributed by atoms with Crippen LogP contribution in [0.25, 0.3) is 0 Å². The molecule has 9 heteroatoms. The molecule has 1 saturated carbocycles. The number of amides is 3. The average molecular weight is 498 g/mol. The van der Waals surface area contributed by atoms with Gasteiger partial charge in [0.2, 0.25) is 5.91 Å². The molecule has 0 heterocycles. The Morgan fingerprint density at radius 3 is 2.28 bits per heavy atom. The lowest BCUT2D eigenvalue weighted by molar-refractivity contribution is -0.141. The van der Waals surface area contributed by atoms with E-state index >= 15 is 0 Å². The molecule has 0 aliphatic heterocycles. The molecule has 4 atom stereocenters. The Balaban J connectivity index is 1.93. The monoisotopic (exact) mass is 497 g/mol. The Bertz CT molecular complexity index is 1100. The second kappa shape index (κ2) is 10.9. The molecule has 2 aromatic rings. The van der Waals surface area contributed by atoms with E-state index < -0.39 is 35.6 Å². The van der Waals surface area contributed by atoms with E-state index in [1.54, 1.807) is 71.2 Å². The van der Waals surface area contributed by atoms with Crippen molar-refractivity contribution in [2.75, 3.05) is 12.4 Å². The number of phenols is 1. The molecule has 9 nitrogen and oxygen atoms in total. The van der Waals surface area contributed by atoms with Gasteiger partial charge in [0.25, 0.3) is 5.91 Å². The van der Waals surface area contributed by atoms with Crippen molar-refractivity contribution >= 4 is 23.6 Å². The number of benzene rings is 2. The number of hydrogen-bond acceptors (Lipinski definition) is 6. The van der Waals surface area contributed by atoms with Gasteiger partial charge in [-0.05, 0) is 82.0 Å². The number of nitrogens with zero attached hydrogens (tertiary/aromatic N) is 1. The fourth-order valence-corrected chi connectivity index (χ4v) is 3.96. The molecular weight excluding hydrogens is 462 g/mol. The summed E-state index contributed by atoms with van der Waals surface area (Å²) in [5, 5.41) is 15.6. The number of alkyl carbamates (subject to hydrolysis) is 1. The van der Waals surface area contributed by atoms with Crippen LogP contribution in [0.3, 0.4) is 0 Å². The number of phenolic OH excluding ortho intramolecular Hbond substituents is 1. The lowest BCUT2D eigenvalue weighted by Gasteiger charge is -2.34. The number of aromatic hydroxyl groups is 1. The molecule has 3 N–H and O–H groups in total. The van der Waals surface area contributed by atoms with Crippen LogP contribution < -0.4 is 15.4 Å². The molecule has 194 valence electrons. The minimum Gasteiger partial charge on any atom is -0.508 e. The van der Waals surface area contributed by atoms with Crippen molar-refractivity contribution in [3.8, 4) is 11.5 Å². The minimum absolute atomic E-state index is 0.0223. The summed E-state index contributed by atoms with van der Waals surface area (Å²) in [6.07, 6.45) is -0.000481. The molecule has 1 fully saturated rings. The number of anilines is 1. The fraction of sp³-hybridized carbons (Fsp3) is 0.444. The van der Waals surface area contributed by atoms with E-state index in [0.717, 1.165) is 6.42 Å². The summed E-state index contributed by atoms with van der Waals surface area (Å²) < 4.78 is 10.5. The van der Waals surface area contributed by atoms with Crippen molar-refractivity contribution in [1.29, 1.82) is 0 Å². The highest BCUT2D eigenvalue weighted by atomic mass is 16.6. The smallest absolute Gasteiger partial charge is 0.408 e. The summed E-state index contributed by atoms with van der Waals surface area (Å²) >= 11 is 0. The van der Waals surface area contributed by atoms with E-state index in [0.29, 0.717) is 17.0 Å². The minimum atomic E-state index is -1.04. The van der Waals surface area contributed by atoms with Gasteiger partial charge in [-0.2, -0.15) is 0 Å². The second-order valence-electron chi connectivity index (χ2n) is 10.1. The molecule has 3 amide bonds. The van der Waals surface area contributed by atoms with E-state index in [2.05, 4.69) is 10.6 Å². The van der Waals surface area contributed by atoms with Crippen molar-refractivity contribution in [2.24, 2.45) is 5.92 Å². The van der Waals surface area contributed by atoms with Gasteiger partial charge in [-0.25, -0.2) is 4.79 Å². The Labute approximate surface area is 211 Å². The zero-order chi connectivity index (χ0) is 26.6. The fourth-order valence-electron chi connectivity index (χ4n) is 3.96. The van der Waals surface area contributed by atoms with Crippen molar-refractivity contribution in [1.82, 2.24) is 10.2 Å².